The number of benzene rings is 3. The molecule has 0 bridgehead atoms. The summed E-state index contributed by atoms with van der Waals surface area (Å²) in [6.45, 7) is 0. The van der Waals surface area contributed by atoms with E-state index in [9.17, 15) is 17.0 Å². The molecule has 39 heavy (non-hydrogen) atoms. The van der Waals surface area contributed by atoms with Crippen LogP contribution in [0, 0.1) is 5.82 Å². The molecule has 3 atom stereocenters. The SMILES string of the molecule is O=S(c1ccccc1)C(F)(C(c1c(Cl)ccc(F)c1Cl)c1c[nH]c2ncc(Br)cc12)S(=O)(=O)c1ccccc1. The van der Waals surface area contributed by atoms with E-state index in [1.54, 1.807) is 18.2 Å². The monoisotopic (exact) mass is 668 g/mol. The fraction of sp³-hybridized carbons (Fsp3) is 0.0741. The first-order chi connectivity index (χ1) is 18.6. The van der Waals surface area contributed by atoms with Crippen LogP contribution in [0.2, 0.25) is 10.0 Å². The second-order valence-corrected chi connectivity index (χ2v) is 14.1. The van der Waals surface area contributed by atoms with Gasteiger partial charge in [-0.3, -0.25) is 0 Å². The number of pyridine rings is 1. The Morgan fingerprint density at radius 3 is 2.31 bits per heavy atom. The molecular weight excluding hydrogens is 653 g/mol. The van der Waals surface area contributed by atoms with Crippen LogP contribution in [0.25, 0.3) is 11.0 Å². The van der Waals surface area contributed by atoms with Gasteiger partial charge in [-0.2, -0.15) is 0 Å². The van der Waals surface area contributed by atoms with Crippen LogP contribution in [0.5, 0.6) is 0 Å². The molecule has 0 fully saturated rings. The number of H-pyrrole nitrogens is 1. The van der Waals surface area contributed by atoms with Gasteiger partial charge in [0.1, 0.15) is 22.3 Å². The van der Waals surface area contributed by atoms with Gasteiger partial charge in [-0.05, 0) is 64.0 Å². The van der Waals surface area contributed by atoms with Crippen molar-refractivity contribution < 1.29 is 21.4 Å². The number of halogens is 5. The highest BCUT2D eigenvalue weighted by molar-refractivity contribution is 9.10. The van der Waals surface area contributed by atoms with E-state index in [4.69, 9.17) is 23.2 Å². The number of fused-ring (bicyclic) bond motifs is 1. The van der Waals surface area contributed by atoms with E-state index >= 15 is 4.39 Å². The van der Waals surface area contributed by atoms with Crippen molar-refractivity contribution in [2.75, 3.05) is 0 Å². The van der Waals surface area contributed by atoms with Crippen LogP contribution in [0.4, 0.5) is 8.78 Å². The Hall–Kier alpha value is -2.63. The summed E-state index contributed by atoms with van der Waals surface area (Å²) in [7, 11) is -7.98. The average molecular weight is 670 g/mol. The van der Waals surface area contributed by atoms with Gasteiger partial charge in [-0.25, -0.2) is 26.4 Å². The molecule has 0 radical (unpaired) electrons. The van der Waals surface area contributed by atoms with Gasteiger partial charge in [0.2, 0.25) is 9.84 Å². The molecule has 5 aromatic rings. The molecule has 2 heterocycles. The van der Waals surface area contributed by atoms with Gasteiger partial charge in [0.25, 0.3) is 0 Å². The minimum absolute atomic E-state index is 0.0134. The van der Waals surface area contributed by atoms with Gasteiger partial charge in [-0.1, -0.05) is 59.6 Å². The van der Waals surface area contributed by atoms with Crippen molar-refractivity contribution in [2.24, 2.45) is 0 Å². The predicted octanol–water partition coefficient (Wildman–Crippen LogP) is 7.81. The first kappa shape index (κ1) is 27.9. The van der Waals surface area contributed by atoms with E-state index in [2.05, 4.69) is 25.9 Å². The lowest BCUT2D eigenvalue weighted by atomic mass is 9.91. The third-order valence-electron chi connectivity index (χ3n) is 6.18. The zero-order valence-electron chi connectivity index (χ0n) is 19.6. The van der Waals surface area contributed by atoms with Crippen LogP contribution in [0.3, 0.4) is 0 Å². The summed E-state index contributed by atoms with van der Waals surface area (Å²) >= 11 is 16.2. The number of hydrogen-bond donors (Lipinski definition) is 1. The molecule has 5 nitrogen and oxygen atoms in total. The second kappa shape index (κ2) is 10.7. The van der Waals surface area contributed by atoms with Crippen LogP contribution in [-0.4, -0.2) is 26.9 Å². The number of rotatable bonds is 7. The van der Waals surface area contributed by atoms with Gasteiger partial charge in [-0.15, -0.1) is 0 Å². The fourth-order valence-electron chi connectivity index (χ4n) is 4.39. The van der Waals surface area contributed by atoms with Crippen molar-refractivity contribution in [3.63, 3.8) is 0 Å². The van der Waals surface area contributed by atoms with E-state index < -0.39 is 46.6 Å². The van der Waals surface area contributed by atoms with Crippen LogP contribution >= 0.6 is 39.1 Å². The summed E-state index contributed by atoms with van der Waals surface area (Å²) in [6.07, 6.45) is 2.83. The maximum Gasteiger partial charge on any atom is 0.303 e. The van der Waals surface area contributed by atoms with E-state index in [0.717, 1.165) is 12.1 Å². The molecule has 5 rings (SSSR count). The number of hydrogen-bond acceptors (Lipinski definition) is 4. The fourth-order valence-corrected chi connectivity index (χ4v) is 9.26. The zero-order valence-corrected chi connectivity index (χ0v) is 24.3. The molecule has 0 saturated carbocycles. The number of aromatic nitrogens is 2. The molecule has 12 heteroatoms. The largest absolute Gasteiger partial charge is 0.346 e. The summed E-state index contributed by atoms with van der Waals surface area (Å²) < 4.78 is 72.8. The number of alkyl halides is 1. The number of nitrogens with one attached hydrogen (secondary N) is 1. The van der Waals surface area contributed by atoms with E-state index in [0.29, 0.717) is 9.86 Å². The molecule has 200 valence electrons. The quantitative estimate of drug-likeness (QED) is 0.179. The van der Waals surface area contributed by atoms with Gasteiger partial charge in [0, 0.05) is 37.7 Å². The van der Waals surface area contributed by atoms with Gasteiger partial charge >= 0.3 is 4.33 Å². The summed E-state index contributed by atoms with van der Waals surface area (Å²) in [5.74, 6) is -2.92. The topological polar surface area (TPSA) is 79.9 Å². The van der Waals surface area contributed by atoms with Gasteiger partial charge in [0.05, 0.1) is 15.8 Å². The van der Waals surface area contributed by atoms with Crippen molar-refractivity contribution in [1.29, 1.82) is 0 Å². The molecule has 0 aliphatic rings. The Balaban J connectivity index is 1.95. The summed E-state index contributed by atoms with van der Waals surface area (Å²) in [5, 5.41) is -0.514. The van der Waals surface area contributed by atoms with Crippen molar-refractivity contribution >= 4 is 70.8 Å². The zero-order chi connectivity index (χ0) is 27.9. The first-order valence-corrected chi connectivity index (χ1v) is 15.5. The third-order valence-corrected chi connectivity index (χ3v) is 11.7. The lowest BCUT2D eigenvalue weighted by Gasteiger charge is -2.34. The van der Waals surface area contributed by atoms with Crippen LogP contribution in [0.1, 0.15) is 17.0 Å². The standard InChI is InChI=1S/C27H17BrCl2F2N2O3S2/c28-16-13-19-20(15-34-26(19)33-14-16)24(23-21(29)11-12-22(31)25(23)30)27(32,38(35)17-7-3-1-4-8-17)39(36,37)18-9-5-2-6-10-18/h1-15,24H,(H,33,34). The van der Waals surface area contributed by atoms with Crippen molar-refractivity contribution in [1.82, 2.24) is 9.97 Å². The molecule has 0 saturated heterocycles. The summed E-state index contributed by atoms with van der Waals surface area (Å²) in [5.41, 5.74) is -0.0724. The molecule has 2 aromatic heterocycles. The Bertz CT molecular complexity index is 1820. The second-order valence-electron chi connectivity index (χ2n) is 8.46. The Morgan fingerprint density at radius 1 is 1.00 bits per heavy atom. The molecule has 0 amide bonds. The Labute approximate surface area is 243 Å². The van der Waals surface area contributed by atoms with Crippen molar-refractivity contribution in [2.45, 2.75) is 20.0 Å². The molecule has 3 unspecified atom stereocenters. The van der Waals surface area contributed by atoms with Crippen molar-refractivity contribution in [3.05, 3.63) is 123 Å². The van der Waals surface area contributed by atoms with Crippen LogP contribution in [-0.2, 0) is 20.6 Å². The highest BCUT2D eigenvalue weighted by Gasteiger charge is 2.60. The molecule has 0 aliphatic heterocycles. The van der Waals surface area contributed by atoms with Gasteiger partial charge in [0.15, 0.2) is 0 Å². The average Bonchev–Trinajstić information content (AvgIpc) is 3.35. The predicted molar refractivity (Wildman–Crippen MR) is 152 cm³/mol. The molecule has 0 aliphatic carbocycles. The Kier molecular flexibility index (Phi) is 7.69. The van der Waals surface area contributed by atoms with Crippen LogP contribution in [0.15, 0.2) is 106 Å². The summed E-state index contributed by atoms with van der Waals surface area (Å²) in [4.78, 5) is 6.61. The molecule has 0 spiro atoms. The van der Waals surface area contributed by atoms with E-state index in [1.165, 1.54) is 60.9 Å². The smallest absolute Gasteiger partial charge is 0.303 e. The van der Waals surface area contributed by atoms with E-state index in [1.807, 2.05) is 0 Å². The highest BCUT2D eigenvalue weighted by Crippen LogP contribution is 2.53. The normalized spacial score (nSPS) is 15.1. The summed E-state index contributed by atoms with van der Waals surface area (Å²) in [6, 6.07) is 17.9. The third kappa shape index (κ3) is 4.72. The molecule has 3 aromatic carbocycles. The molecular formula is C27H17BrCl2F2N2O3S2. The number of aromatic amines is 1. The Morgan fingerprint density at radius 2 is 1.64 bits per heavy atom. The maximum absolute atomic E-state index is 18.2. The minimum Gasteiger partial charge on any atom is -0.346 e. The minimum atomic E-state index is -5.10. The first-order valence-electron chi connectivity index (χ1n) is 11.3. The van der Waals surface area contributed by atoms with E-state index in [-0.39, 0.29) is 26.7 Å². The number of sulfone groups is 1. The lowest BCUT2D eigenvalue weighted by molar-refractivity contribution is 0.340. The highest BCUT2D eigenvalue weighted by atomic mass is 79.9. The maximum atomic E-state index is 18.2. The van der Waals surface area contributed by atoms with Crippen molar-refractivity contribution in [3.8, 4) is 0 Å². The van der Waals surface area contributed by atoms with Gasteiger partial charge < -0.3 is 4.98 Å². The molecule has 1 N–H and O–H groups in total. The lowest BCUT2D eigenvalue weighted by Crippen LogP contribution is -2.45. The van der Waals surface area contributed by atoms with Crippen LogP contribution < -0.4 is 0 Å². The number of nitrogens with zero attached hydrogens (tertiary/aromatic N) is 1.